The lowest BCUT2D eigenvalue weighted by Crippen LogP contribution is -2.29. The zero-order chi connectivity index (χ0) is 17.8. The van der Waals surface area contributed by atoms with Crippen LogP contribution < -0.4 is 5.32 Å². The van der Waals surface area contributed by atoms with Crippen molar-refractivity contribution in [3.8, 4) is 11.3 Å². The Labute approximate surface area is 148 Å². The van der Waals surface area contributed by atoms with E-state index in [0.717, 1.165) is 34.6 Å². The maximum absolute atomic E-state index is 12.6. The number of aromatic amines is 1. The van der Waals surface area contributed by atoms with Gasteiger partial charge in [0.2, 0.25) is 0 Å². The Hall–Kier alpha value is -2.88. The number of hydrogen-bond acceptors (Lipinski definition) is 2. The molecular weight excluding hydrogens is 310 g/mol. The first kappa shape index (κ1) is 17.0. The lowest BCUT2D eigenvalue weighted by atomic mass is 10.0. The van der Waals surface area contributed by atoms with Gasteiger partial charge < -0.3 is 10.3 Å². The van der Waals surface area contributed by atoms with Crippen molar-refractivity contribution in [1.82, 2.24) is 15.3 Å². The molecule has 2 N–H and O–H groups in total. The van der Waals surface area contributed by atoms with Crippen molar-refractivity contribution in [3.63, 3.8) is 0 Å². The Morgan fingerprint density at radius 3 is 2.60 bits per heavy atom. The highest BCUT2D eigenvalue weighted by Crippen LogP contribution is 2.21. The monoisotopic (exact) mass is 333 g/mol. The summed E-state index contributed by atoms with van der Waals surface area (Å²) in [6, 6.07) is 15.8. The molecular formula is C21H23N3O. The third kappa shape index (κ3) is 3.79. The van der Waals surface area contributed by atoms with Gasteiger partial charge in [0.25, 0.3) is 5.91 Å². The number of aromatic nitrogens is 2. The molecule has 1 atom stereocenters. The number of carbonyl (C=O) groups excluding carboxylic acids is 1. The maximum Gasteiger partial charge on any atom is 0.252 e. The quantitative estimate of drug-likeness (QED) is 0.718. The van der Waals surface area contributed by atoms with Gasteiger partial charge in [0.15, 0.2) is 0 Å². The maximum atomic E-state index is 12.6. The molecule has 25 heavy (non-hydrogen) atoms. The van der Waals surface area contributed by atoms with Crippen molar-refractivity contribution in [2.45, 2.75) is 33.2 Å². The van der Waals surface area contributed by atoms with Gasteiger partial charge in [0, 0.05) is 5.56 Å². The minimum absolute atomic E-state index is 0.0676. The summed E-state index contributed by atoms with van der Waals surface area (Å²) in [7, 11) is 0. The average Bonchev–Trinajstić information content (AvgIpc) is 3.10. The van der Waals surface area contributed by atoms with Crippen LogP contribution in [0.1, 0.15) is 46.7 Å². The summed E-state index contributed by atoms with van der Waals surface area (Å²) in [5.74, 6) is 0.710. The second-order valence-electron chi connectivity index (χ2n) is 6.30. The minimum atomic E-state index is -0.148. The van der Waals surface area contributed by atoms with E-state index in [1.54, 1.807) is 0 Å². The van der Waals surface area contributed by atoms with E-state index in [4.69, 9.17) is 0 Å². The zero-order valence-electron chi connectivity index (χ0n) is 14.8. The summed E-state index contributed by atoms with van der Waals surface area (Å²) in [6.45, 7) is 6.03. The average molecular weight is 333 g/mol. The van der Waals surface area contributed by atoms with Crippen molar-refractivity contribution in [1.29, 1.82) is 0 Å². The molecule has 2 aromatic carbocycles. The lowest BCUT2D eigenvalue weighted by molar-refractivity contribution is 0.0933. The van der Waals surface area contributed by atoms with E-state index in [9.17, 15) is 4.79 Å². The molecule has 0 radical (unpaired) electrons. The third-order valence-corrected chi connectivity index (χ3v) is 4.35. The molecule has 0 saturated heterocycles. The number of hydrogen-bond donors (Lipinski definition) is 2. The SMILES string of the molecule is CCC(NC(=O)c1ccc(C)cc1C)c1ncc(-c2ccccc2)[nH]1. The number of benzene rings is 2. The van der Waals surface area contributed by atoms with E-state index in [-0.39, 0.29) is 11.9 Å². The Bertz CT molecular complexity index is 868. The molecule has 0 fully saturated rings. The smallest absolute Gasteiger partial charge is 0.252 e. The van der Waals surface area contributed by atoms with Gasteiger partial charge in [-0.15, -0.1) is 0 Å². The van der Waals surface area contributed by atoms with Crippen LogP contribution in [-0.2, 0) is 0 Å². The molecule has 4 nitrogen and oxygen atoms in total. The summed E-state index contributed by atoms with van der Waals surface area (Å²) in [5.41, 5.74) is 4.88. The molecule has 1 amide bonds. The van der Waals surface area contributed by atoms with Gasteiger partial charge in [-0.2, -0.15) is 0 Å². The highest BCUT2D eigenvalue weighted by molar-refractivity contribution is 5.95. The topological polar surface area (TPSA) is 57.8 Å². The summed E-state index contributed by atoms with van der Waals surface area (Å²) in [6.07, 6.45) is 2.58. The van der Waals surface area contributed by atoms with Crippen molar-refractivity contribution in [2.75, 3.05) is 0 Å². The number of amides is 1. The molecule has 128 valence electrons. The Balaban J connectivity index is 1.79. The zero-order valence-corrected chi connectivity index (χ0v) is 14.8. The van der Waals surface area contributed by atoms with E-state index in [2.05, 4.69) is 15.3 Å². The van der Waals surface area contributed by atoms with Gasteiger partial charge in [-0.25, -0.2) is 4.98 Å². The first-order chi connectivity index (χ1) is 12.1. The van der Waals surface area contributed by atoms with Crippen LogP contribution in [0.5, 0.6) is 0 Å². The summed E-state index contributed by atoms with van der Waals surface area (Å²) >= 11 is 0. The number of H-pyrrole nitrogens is 1. The predicted octanol–water partition coefficient (Wildman–Crippen LogP) is 4.57. The second kappa shape index (κ2) is 7.34. The second-order valence-corrected chi connectivity index (χ2v) is 6.30. The Kier molecular flexibility index (Phi) is 4.98. The van der Waals surface area contributed by atoms with Crippen LogP contribution in [0, 0.1) is 13.8 Å². The standard InChI is InChI=1S/C21H23N3O/c1-4-18(24-21(25)17-11-10-14(2)12-15(17)3)20-22-13-19(23-20)16-8-6-5-7-9-16/h5-13,18H,4H2,1-3H3,(H,22,23)(H,24,25). The number of nitrogens with zero attached hydrogens (tertiary/aromatic N) is 1. The van der Waals surface area contributed by atoms with Crippen LogP contribution in [0.2, 0.25) is 0 Å². The highest BCUT2D eigenvalue weighted by Gasteiger charge is 2.18. The molecule has 0 aliphatic carbocycles. The fourth-order valence-corrected chi connectivity index (χ4v) is 2.95. The van der Waals surface area contributed by atoms with Crippen molar-refractivity contribution in [3.05, 3.63) is 77.2 Å². The highest BCUT2D eigenvalue weighted by atomic mass is 16.1. The van der Waals surface area contributed by atoms with Crippen LogP contribution in [0.3, 0.4) is 0 Å². The van der Waals surface area contributed by atoms with Crippen molar-refractivity contribution in [2.24, 2.45) is 0 Å². The van der Waals surface area contributed by atoms with Crippen molar-refractivity contribution < 1.29 is 4.79 Å². The molecule has 1 heterocycles. The molecule has 0 aliphatic rings. The molecule has 4 heteroatoms. The summed E-state index contributed by atoms with van der Waals surface area (Å²) in [5, 5.41) is 3.09. The number of nitrogens with one attached hydrogen (secondary N) is 2. The van der Waals surface area contributed by atoms with E-state index < -0.39 is 0 Å². The van der Waals surface area contributed by atoms with Gasteiger partial charge in [-0.3, -0.25) is 4.79 Å². The van der Waals surface area contributed by atoms with Gasteiger partial charge in [0.05, 0.1) is 17.9 Å². The molecule has 1 unspecified atom stereocenters. The molecule has 1 aromatic heterocycles. The lowest BCUT2D eigenvalue weighted by Gasteiger charge is -2.16. The van der Waals surface area contributed by atoms with Crippen LogP contribution in [0.25, 0.3) is 11.3 Å². The minimum Gasteiger partial charge on any atom is -0.342 e. The number of rotatable bonds is 5. The fraction of sp³-hybridized carbons (Fsp3) is 0.238. The van der Waals surface area contributed by atoms with E-state index in [1.807, 2.05) is 75.5 Å². The van der Waals surface area contributed by atoms with E-state index in [0.29, 0.717) is 5.56 Å². The Morgan fingerprint density at radius 1 is 1.16 bits per heavy atom. The predicted molar refractivity (Wildman–Crippen MR) is 100 cm³/mol. The first-order valence-electron chi connectivity index (χ1n) is 8.57. The van der Waals surface area contributed by atoms with E-state index in [1.165, 1.54) is 0 Å². The van der Waals surface area contributed by atoms with Crippen LogP contribution in [0.4, 0.5) is 0 Å². The molecule has 3 aromatic rings. The molecule has 0 spiro atoms. The summed E-state index contributed by atoms with van der Waals surface area (Å²) < 4.78 is 0. The number of aryl methyl sites for hydroxylation is 2. The van der Waals surface area contributed by atoms with Gasteiger partial charge >= 0.3 is 0 Å². The molecule has 0 saturated carbocycles. The molecule has 0 aliphatic heterocycles. The van der Waals surface area contributed by atoms with Gasteiger partial charge in [0.1, 0.15) is 5.82 Å². The number of carbonyl (C=O) groups is 1. The van der Waals surface area contributed by atoms with Crippen molar-refractivity contribution >= 4 is 5.91 Å². The summed E-state index contributed by atoms with van der Waals surface area (Å²) in [4.78, 5) is 20.5. The molecule has 3 rings (SSSR count). The Morgan fingerprint density at radius 2 is 1.92 bits per heavy atom. The normalized spacial score (nSPS) is 12.0. The first-order valence-corrected chi connectivity index (χ1v) is 8.57. The third-order valence-electron chi connectivity index (χ3n) is 4.35. The van der Waals surface area contributed by atoms with Crippen LogP contribution in [0.15, 0.2) is 54.7 Å². The largest absolute Gasteiger partial charge is 0.342 e. The van der Waals surface area contributed by atoms with E-state index >= 15 is 0 Å². The molecule has 0 bridgehead atoms. The van der Waals surface area contributed by atoms with Gasteiger partial charge in [-0.1, -0.05) is 55.0 Å². The fourth-order valence-electron chi connectivity index (χ4n) is 2.95. The van der Waals surface area contributed by atoms with Crippen LogP contribution >= 0.6 is 0 Å². The van der Waals surface area contributed by atoms with Crippen LogP contribution in [-0.4, -0.2) is 15.9 Å². The van der Waals surface area contributed by atoms with Gasteiger partial charge in [-0.05, 0) is 37.5 Å². The number of imidazole rings is 1.